The molecule has 3 heteroatoms. The monoisotopic (exact) mass is 281 g/mol. The summed E-state index contributed by atoms with van der Waals surface area (Å²) >= 11 is 0. The van der Waals surface area contributed by atoms with Crippen LogP contribution < -0.4 is 10.2 Å². The fourth-order valence-corrected chi connectivity index (χ4v) is 3.62. The normalized spacial score (nSPS) is 26.8. The Bertz CT molecular complexity index is 650. The third kappa shape index (κ3) is 2.51. The van der Waals surface area contributed by atoms with Gasteiger partial charge in [-0.05, 0) is 50.8 Å². The molecule has 2 heterocycles. The second kappa shape index (κ2) is 4.99. The lowest BCUT2D eigenvalue weighted by molar-refractivity contribution is 0.331. The quantitative estimate of drug-likeness (QED) is 0.916. The molecule has 3 nitrogen and oxygen atoms in total. The Hall–Kier alpha value is -1.61. The zero-order valence-electron chi connectivity index (χ0n) is 12.7. The van der Waals surface area contributed by atoms with Crippen molar-refractivity contribution in [3.8, 4) is 0 Å². The number of aromatic nitrogens is 1. The van der Waals surface area contributed by atoms with Crippen LogP contribution in [0, 0.1) is 5.92 Å². The van der Waals surface area contributed by atoms with Crippen LogP contribution in [0.15, 0.2) is 36.5 Å². The van der Waals surface area contributed by atoms with Crippen LogP contribution in [0.5, 0.6) is 0 Å². The fraction of sp³-hybridized carbons (Fsp3) is 0.500. The van der Waals surface area contributed by atoms with Crippen LogP contribution in [-0.2, 0) is 0 Å². The van der Waals surface area contributed by atoms with Gasteiger partial charge in [-0.15, -0.1) is 0 Å². The maximum absolute atomic E-state index is 4.63. The maximum Gasteiger partial charge on any atom is 0.0703 e. The highest BCUT2D eigenvalue weighted by Gasteiger charge is 2.43. The van der Waals surface area contributed by atoms with E-state index in [1.807, 2.05) is 6.20 Å². The third-order valence-corrected chi connectivity index (χ3v) is 5.07. The van der Waals surface area contributed by atoms with Gasteiger partial charge in [-0.25, -0.2) is 0 Å². The molecule has 1 aromatic carbocycles. The Labute approximate surface area is 126 Å². The third-order valence-electron chi connectivity index (χ3n) is 5.07. The van der Waals surface area contributed by atoms with Gasteiger partial charge < -0.3 is 10.2 Å². The van der Waals surface area contributed by atoms with Gasteiger partial charge in [-0.1, -0.05) is 18.2 Å². The zero-order chi connectivity index (χ0) is 14.3. The molecule has 1 saturated carbocycles. The zero-order valence-corrected chi connectivity index (χ0v) is 12.7. The lowest BCUT2D eigenvalue weighted by Crippen LogP contribution is -2.51. The first-order valence-corrected chi connectivity index (χ1v) is 8.09. The van der Waals surface area contributed by atoms with E-state index < -0.39 is 0 Å². The van der Waals surface area contributed by atoms with E-state index >= 15 is 0 Å². The molecule has 1 aliphatic carbocycles. The van der Waals surface area contributed by atoms with Crippen LogP contribution in [0.25, 0.3) is 10.9 Å². The highest BCUT2D eigenvalue weighted by molar-refractivity contribution is 5.81. The molecular formula is C18H23N3. The van der Waals surface area contributed by atoms with Crippen LogP contribution in [0.4, 0.5) is 5.69 Å². The molecule has 21 heavy (non-hydrogen) atoms. The smallest absolute Gasteiger partial charge is 0.0703 e. The summed E-state index contributed by atoms with van der Waals surface area (Å²) < 4.78 is 0. The molecule has 0 bridgehead atoms. The predicted molar refractivity (Wildman–Crippen MR) is 87.7 cm³/mol. The highest BCUT2D eigenvalue weighted by Crippen LogP contribution is 2.41. The molecule has 2 aliphatic rings. The summed E-state index contributed by atoms with van der Waals surface area (Å²) in [5.74, 6) is 0.853. The average Bonchev–Trinajstić information content (AvgIpc) is 3.34. The van der Waals surface area contributed by atoms with Crippen molar-refractivity contribution < 1.29 is 0 Å². The molecule has 1 aromatic heterocycles. The second-order valence-corrected chi connectivity index (χ2v) is 6.78. The van der Waals surface area contributed by atoms with Crippen molar-refractivity contribution in [3.63, 3.8) is 0 Å². The summed E-state index contributed by atoms with van der Waals surface area (Å²) in [6.07, 6.45) is 6.01. The Balaban J connectivity index is 1.66. The van der Waals surface area contributed by atoms with Crippen LogP contribution in [-0.4, -0.2) is 30.2 Å². The molecule has 1 atom stereocenters. The van der Waals surface area contributed by atoms with Crippen molar-refractivity contribution in [2.45, 2.75) is 31.7 Å². The molecule has 0 amide bonds. The Kier molecular flexibility index (Phi) is 3.11. The van der Waals surface area contributed by atoms with Crippen LogP contribution in [0.2, 0.25) is 0 Å². The van der Waals surface area contributed by atoms with E-state index in [0.717, 1.165) is 31.1 Å². The van der Waals surface area contributed by atoms with Crippen molar-refractivity contribution in [2.75, 3.05) is 24.5 Å². The summed E-state index contributed by atoms with van der Waals surface area (Å²) in [6.45, 7) is 5.75. The highest BCUT2D eigenvalue weighted by atomic mass is 15.2. The van der Waals surface area contributed by atoms with Gasteiger partial charge in [0.15, 0.2) is 0 Å². The van der Waals surface area contributed by atoms with E-state index in [9.17, 15) is 0 Å². The van der Waals surface area contributed by atoms with Gasteiger partial charge in [0.25, 0.3) is 0 Å². The van der Waals surface area contributed by atoms with Crippen molar-refractivity contribution in [2.24, 2.45) is 5.92 Å². The van der Waals surface area contributed by atoms with Crippen molar-refractivity contribution in [1.82, 2.24) is 10.3 Å². The molecule has 0 spiro atoms. The minimum absolute atomic E-state index is 0.266. The first-order valence-electron chi connectivity index (χ1n) is 8.09. The molecule has 1 N–H and O–H groups in total. The number of nitrogens with one attached hydrogen (secondary N) is 1. The van der Waals surface area contributed by atoms with E-state index in [4.69, 9.17) is 0 Å². The number of pyridine rings is 1. The summed E-state index contributed by atoms with van der Waals surface area (Å²) in [5.41, 5.74) is 2.62. The van der Waals surface area contributed by atoms with Gasteiger partial charge in [0.2, 0.25) is 0 Å². The van der Waals surface area contributed by atoms with E-state index in [0.29, 0.717) is 0 Å². The van der Waals surface area contributed by atoms with E-state index in [-0.39, 0.29) is 5.54 Å². The molecule has 1 saturated heterocycles. The average molecular weight is 281 g/mol. The molecule has 2 fully saturated rings. The lowest BCUT2D eigenvalue weighted by atomic mass is 9.95. The molecular weight excluding hydrogens is 258 g/mol. The second-order valence-electron chi connectivity index (χ2n) is 6.78. The summed E-state index contributed by atoms with van der Waals surface area (Å²) in [5, 5.41) is 5.03. The van der Waals surface area contributed by atoms with E-state index in [1.165, 1.54) is 30.3 Å². The van der Waals surface area contributed by atoms with E-state index in [2.05, 4.69) is 52.5 Å². The summed E-state index contributed by atoms with van der Waals surface area (Å²) in [6, 6.07) is 10.7. The number of rotatable bonds is 2. The number of hydrogen-bond donors (Lipinski definition) is 1. The standard InChI is InChI=1S/C18H23N3/c1-18(15-7-8-15)13-21(10-4-9-20-18)16-11-14-5-2-3-6-17(14)19-12-16/h2-3,5-6,11-12,15,20H,4,7-10,13H2,1H3. The van der Waals surface area contributed by atoms with Crippen molar-refractivity contribution in [3.05, 3.63) is 36.5 Å². The van der Waals surface area contributed by atoms with Gasteiger partial charge in [0, 0.05) is 24.0 Å². The van der Waals surface area contributed by atoms with Crippen molar-refractivity contribution in [1.29, 1.82) is 0 Å². The molecule has 110 valence electrons. The van der Waals surface area contributed by atoms with Crippen molar-refractivity contribution >= 4 is 16.6 Å². The molecule has 1 aliphatic heterocycles. The largest absolute Gasteiger partial charge is 0.368 e. The lowest BCUT2D eigenvalue weighted by Gasteiger charge is -2.35. The minimum Gasteiger partial charge on any atom is -0.368 e. The molecule has 0 radical (unpaired) electrons. The van der Waals surface area contributed by atoms with Crippen LogP contribution >= 0.6 is 0 Å². The van der Waals surface area contributed by atoms with Crippen LogP contribution in [0.1, 0.15) is 26.2 Å². The van der Waals surface area contributed by atoms with E-state index in [1.54, 1.807) is 0 Å². The first-order chi connectivity index (χ1) is 10.2. The van der Waals surface area contributed by atoms with Gasteiger partial charge in [-0.2, -0.15) is 0 Å². The predicted octanol–water partition coefficient (Wildman–Crippen LogP) is 3.20. The number of benzene rings is 1. The number of hydrogen-bond acceptors (Lipinski definition) is 3. The number of para-hydroxylation sites is 1. The maximum atomic E-state index is 4.63. The first kappa shape index (κ1) is 13.1. The number of nitrogens with zero attached hydrogens (tertiary/aromatic N) is 2. The summed E-state index contributed by atoms with van der Waals surface area (Å²) in [4.78, 5) is 7.16. The molecule has 4 rings (SSSR count). The van der Waals surface area contributed by atoms with Gasteiger partial charge in [0.05, 0.1) is 17.4 Å². The SMILES string of the molecule is CC1(C2CC2)CN(c2cnc3ccccc3c2)CCCN1. The molecule has 2 aromatic rings. The number of anilines is 1. The minimum atomic E-state index is 0.266. The Morgan fingerprint density at radius 3 is 3.00 bits per heavy atom. The Morgan fingerprint density at radius 2 is 2.14 bits per heavy atom. The van der Waals surface area contributed by atoms with Gasteiger partial charge in [0.1, 0.15) is 0 Å². The van der Waals surface area contributed by atoms with Gasteiger partial charge in [-0.3, -0.25) is 4.98 Å². The van der Waals surface area contributed by atoms with Crippen LogP contribution in [0.3, 0.4) is 0 Å². The van der Waals surface area contributed by atoms with Gasteiger partial charge >= 0.3 is 0 Å². The number of fused-ring (bicyclic) bond motifs is 1. The fourth-order valence-electron chi connectivity index (χ4n) is 3.62. The summed E-state index contributed by atoms with van der Waals surface area (Å²) in [7, 11) is 0. The topological polar surface area (TPSA) is 28.2 Å². The molecule has 1 unspecified atom stereocenters. The Morgan fingerprint density at radius 1 is 1.29 bits per heavy atom.